The Kier molecular flexibility index (Phi) is 3.47. The summed E-state index contributed by atoms with van der Waals surface area (Å²) in [7, 11) is 0. The fourth-order valence-corrected chi connectivity index (χ4v) is 1.74. The average Bonchev–Trinajstić information content (AvgIpc) is 2.34. The van der Waals surface area contributed by atoms with Crippen molar-refractivity contribution in [3.05, 3.63) is 56.9 Å². The highest BCUT2D eigenvalue weighted by molar-refractivity contribution is 9.10. The lowest BCUT2D eigenvalue weighted by atomic mass is 10.2. The molecule has 0 aliphatic heterocycles. The van der Waals surface area contributed by atoms with Gasteiger partial charge in [-0.1, -0.05) is 0 Å². The molecule has 0 radical (unpaired) electrons. The van der Waals surface area contributed by atoms with Gasteiger partial charge in [-0.15, -0.1) is 0 Å². The molecule has 0 spiro atoms. The molecule has 0 aliphatic rings. The molecule has 6 heteroatoms. The number of amides is 1. The van der Waals surface area contributed by atoms with E-state index in [0.29, 0.717) is 21.4 Å². The summed E-state index contributed by atoms with van der Waals surface area (Å²) < 4.78 is 0.710. The normalized spacial score (nSPS) is 10.1. The van der Waals surface area contributed by atoms with Crippen molar-refractivity contribution < 1.29 is 4.79 Å². The predicted molar refractivity (Wildman–Crippen MR) is 73.6 cm³/mol. The minimum atomic E-state index is -0.303. The van der Waals surface area contributed by atoms with Gasteiger partial charge in [0.1, 0.15) is 0 Å². The zero-order valence-electron chi connectivity index (χ0n) is 9.24. The summed E-state index contributed by atoms with van der Waals surface area (Å²) in [5, 5.41) is 2.70. The highest BCUT2D eigenvalue weighted by Gasteiger charge is 2.06. The molecule has 0 bridgehead atoms. The molecule has 0 aliphatic carbocycles. The van der Waals surface area contributed by atoms with E-state index >= 15 is 0 Å². The van der Waals surface area contributed by atoms with Crippen LogP contribution in [0.25, 0.3) is 0 Å². The maximum atomic E-state index is 11.8. The molecule has 1 heterocycles. The van der Waals surface area contributed by atoms with Gasteiger partial charge in [0.25, 0.3) is 5.91 Å². The van der Waals surface area contributed by atoms with Gasteiger partial charge in [-0.2, -0.15) is 0 Å². The molecule has 0 saturated heterocycles. The van der Waals surface area contributed by atoms with Gasteiger partial charge in [-0.25, -0.2) is 0 Å². The number of pyridine rings is 1. The minimum Gasteiger partial charge on any atom is -0.398 e. The lowest BCUT2D eigenvalue weighted by molar-refractivity contribution is 0.102. The van der Waals surface area contributed by atoms with E-state index in [0.717, 1.165) is 0 Å². The second kappa shape index (κ2) is 5.05. The van der Waals surface area contributed by atoms with E-state index in [2.05, 4.69) is 26.2 Å². The molecule has 4 N–H and O–H groups in total. The van der Waals surface area contributed by atoms with Crippen molar-refractivity contribution in [2.75, 3.05) is 11.1 Å². The van der Waals surface area contributed by atoms with Gasteiger partial charge in [0.15, 0.2) is 0 Å². The smallest absolute Gasteiger partial charge is 0.257 e. The number of nitrogen functional groups attached to an aromatic ring is 1. The van der Waals surface area contributed by atoms with Crippen LogP contribution in [-0.2, 0) is 0 Å². The lowest BCUT2D eigenvalue weighted by Crippen LogP contribution is -2.14. The van der Waals surface area contributed by atoms with E-state index in [9.17, 15) is 9.59 Å². The van der Waals surface area contributed by atoms with Crippen LogP contribution < -0.4 is 16.6 Å². The van der Waals surface area contributed by atoms with Crippen LogP contribution >= 0.6 is 15.9 Å². The summed E-state index contributed by atoms with van der Waals surface area (Å²) in [5.74, 6) is -0.303. The maximum absolute atomic E-state index is 11.8. The van der Waals surface area contributed by atoms with Crippen LogP contribution in [0.2, 0.25) is 0 Å². The SMILES string of the molecule is Nc1ccc(NC(=O)c2ccc(=O)[nH]c2)cc1Br. The highest BCUT2D eigenvalue weighted by atomic mass is 79.9. The average molecular weight is 308 g/mol. The largest absolute Gasteiger partial charge is 0.398 e. The molecule has 5 nitrogen and oxygen atoms in total. The first-order chi connectivity index (χ1) is 8.56. The molecule has 18 heavy (non-hydrogen) atoms. The quantitative estimate of drug-likeness (QED) is 0.741. The van der Waals surface area contributed by atoms with Gasteiger partial charge < -0.3 is 16.0 Å². The second-order valence-electron chi connectivity index (χ2n) is 3.63. The number of nitrogens with one attached hydrogen (secondary N) is 2. The van der Waals surface area contributed by atoms with Gasteiger partial charge in [0.2, 0.25) is 5.56 Å². The van der Waals surface area contributed by atoms with Crippen molar-refractivity contribution >= 4 is 33.2 Å². The second-order valence-corrected chi connectivity index (χ2v) is 4.49. The van der Waals surface area contributed by atoms with Crippen LogP contribution in [0.4, 0.5) is 11.4 Å². The summed E-state index contributed by atoms with van der Waals surface area (Å²) in [6.45, 7) is 0. The van der Waals surface area contributed by atoms with Crippen LogP contribution in [0.3, 0.4) is 0 Å². The number of hydrogen-bond acceptors (Lipinski definition) is 3. The molecule has 1 amide bonds. The molecular formula is C12H10BrN3O2. The van der Waals surface area contributed by atoms with E-state index in [4.69, 9.17) is 5.73 Å². The molecule has 0 unspecified atom stereocenters. The number of aromatic amines is 1. The summed E-state index contributed by atoms with van der Waals surface area (Å²) in [6.07, 6.45) is 1.37. The van der Waals surface area contributed by atoms with Gasteiger partial charge >= 0.3 is 0 Å². The van der Waals surface area contributed by atoms with Crippen molar-refractivity contribution in [2.24, 2.45) is 0 Å². The molecule has 0 atom stereocenters. The van der Waals surface area contributed by atoms with E-state index < -0.39 is 0 Å². The monoisotopic (exact) mass is 307 g/mol. The molecule has 0 saturated carbocycles. The Labute approximate surface area is 111 Å². The summed E-state index contributed by atoms with van der Waals surface area (Å²) in [6, 6.07) is 7.85. The Hall–Kier alpha value is -2.08. The number of anilines is 2. The summed E-state index contributed by atoms with van der Waals surface area (Å²) in [4.78, 5) is 25.2. The Balaban J connectivity index is 2.18. The van der Waals surface area contributed by atoms with Crippen LogP contribution in [0, 0.1) is 0 Å². The number of benzene rings is 1. The van der Waals surface area contributed by atoms with E-state index in [1.54, 1.807) is 18.2 Å². The fraction of sp³-hybridized carbons (Fsp3) is 0. The van der Waals surface area contributed by atoms with Crippen LogP contribution in [-0.4, -0.2) is 10.9 Å². The van der Waals surface area contributed by atoms with E-state index in [1.807, 2.05) is 0 Å². The van der Waals surface area contributed by atoms with Gasteiger partial charge in [-0.05, 0) is 40.2 Å². The van der Waals surface area contributed by atoms with Crippen molar-refractivity contribution in [3.63, 3.8) is 0 Å². The van der Waals surface area contributed by atoms with Crippen LogP contribution in [0.1, 0.15) is 10.4 Å². The number of halogens is 1. The standard InChI is InChI=1S/C12H10BrN3O2/c13-9-5-8(2-3-10(9)14)16-12(18)7-1-4-11(17)15-6-7/h1-6H,14H2,(H,15,17)(H,16,18). The third-order valence-electron chi connectivity index (χ3n) is 2.30. The van der Waals surface area contributed by atoms with Crippen LogP contribution in [0.5, 0.6) is 0 Å². The predicted octanol–water partition coefficient (Wildman–Crippen LogP) is 1.97. The number of rotatable bonds is 2. The van der Waals surface area contributed by atoms with Gasteiger partial charge in [0.05, 0.1) is 5.56 Å². The maximum Gasteiger partial charge on any atom is 0.257 e. The van der Waals surface area contributed by atoms with E-state index in [1.165, 1.54) is 18.3 Å². The molecular weight excluding hydrogens is 298 g/mol. The van der Waals surface area contributed by atoms with E-state index in [-0.39, 0.29) is 11.5 Å². The third-order valence-corrected chi connectivity index (χ3v) is 2.99. The molecule has 92 valence electrons. The first-order valence-electron chi connectivity index (χ1n) is 5.11. The number of H-pyrrole nitrogens is 1. The molecule has 0 fully saturated rings. The molecule has 1 aromatic heterocycles. The van der Waals surface area contributed by atoms with Crippen molar-refractivity contribution in [3.8, 4) is 0 Å². The van der Waals surface area contributed by atoms with Gasteiger partial charge in [0, 0.05) is 28.1 Å². The number of aromatic nitrogens is 1. The van der Waals surface area contributed by atoms with Crippen LogP contribution in [0.15, 0.2) is 45.8 Å². The van der Waals surface area contributed by atoms with Crippen molar-refractivity contribution in [1.29, 1.82) is 0 Å². The minimum absolute atomic E-state index is 0.248. The number of carbonyl (C=O) groups excluding carboxylic acids is 1. The third kappa shape index (κ3) is 2.78. The Morgan fingerprint density at radius 2 is 2.06 bits per heavy atom. The molecule has 2 aromatic rings. The van der Waals surface area contributed by atoms with Crippen molar-refractivity contribution in [1.82, 2.24) is 4.98 Å². The highest BCUT2D eigenvalue weighted by Crippen LogP contribution is 2.23. The summed E-state index contributed by atoms with van der Waals surface area (Å²) >= 11 is 3.28. The zero-order chi connectivity index (χ0) is 13.1. The first-order valence-corrected chi connectivity index (χ1v) is 5.90. The Morgan fingerprint density at radius 1 is 1.28 bits per heavy atom. The first kappa shape index (κ1) is 12.4. The molecule has 1 aromatic carbocycles. The van der Waals surface area contributed by atoms with Crippen molar-refractivity contribution in [2.45, 2.75) is 0 Å². The Morgan fingerprint density at radius 3 is 2.67 bits per heavy atom. The van der Waals surface area contributed by atoms with Gasteiger partial charge in [-0.3, -0.25) is 9.59 Å². The molecule has 2 rings (SSSR count). The fourth-order valence-electron chi connectivity index (χ4n) is 1.36. The number of carbonyl (C=O) groups is 1. The zero-order valence-corrected chi connectivity index (χ0v) is 10.8. The Bertz CT molecular complexity index is 632. The topological polar surface area (TPSA) is 88.0 Å². The lowest BCUT2D eigenvalue weighted by Gasteiger charge is -2.06. The number of hydrogen-bond donors (Lipinski definition) is 3. The summed E-state index contributed by atoms with van der Waals surface area (Å²) in [5.41, 5.74) is 6.99. The number of nitrogens with two attached hydrogens (primary N) is 1.